The number of thiophene rings is 1. The molecule has 1 heterocycles. The standard InChI is InChI=1S/C16H18BrNO2S/c1-3-20-15(19)16(2,12-6-8-13(17)9-7-12)18-11-14-5-4-10-21-14/h4-10,18H,3,11H2,1-2H3. The summed E-state index contributed by atoms with van der Waals surface area (Å²) in [6.07, 6.45) is 0. The molecule has 2 aromatic rings. The number of rotatable bonds is 6. The average Bonchev–Trinajstić information content (AvgIpc) is 2.99. The molecule has 112 valence electrons. The molecule has 5 heteroatoms. The van der Waals surface area contributed by atoms with Crippen molar-refractivity contribution in [1.82, 2.24) is 5.32 Å². The first-order valence-electron chi connectivity index (χ1n) is 6.77. The highest BCUT2D eigenvalue weighted by molar-refractivity contribution is 9.10. The van der Waals surface area contributed by atoms with Gasteiger partial charge in [-0.15, -0.1) is 11.3 Å². The van der Waals surface area contributed by atoms with Gasteiger partial charge in [0.25, 0.3) is 0 Å². The second kappa shape index (κ2) is 7.20. The van der Waals surface area contributed by atoms with Gasteiger partial charge >= 0.3 is 5.97 Å². The second-order valence-corrected chi connectivity index (χ2v) is 6.73. The van der Waals surface area contributed by atoms with Gasteiger partial charge in [-0.05, 0) is 43.0 Å². The van der Waals surface area contributed by atoms with Crippen molar-refractivity contribution in [3.63, 3.8) is 0 Å². The van der Waals surface area contributed by atoms with Crippen molar-refractivity contribution >= 4 is 33.2 Å². The van der Waals surface area contributed by atoms with Crippen LogP contribution in [0, 0.1) is 0 Å². The third kappa shape index (κ3) is 3.93. The van der Waals surface area contributed by atoms with E-state index in [0.29, 0.717) is 13.2 Å². The Morgan fingerprint density at radius 2 is 2.05 bits per heavy atom. The molecule has 21 heavy (non-hydrogen) atoms. The van der Waals surface area contributed by atoms with Gasteiger partial charge in [0.15, 0.2) is 0 Å². The number of ether oxygens (including phenoxy) is 1. The van der Waals surface area contributed by atoms with Crippen molar-refractivity contribution in [2.45, 2.75) is 25.9 Å². The SMILES string of the molecule is CCOC(=O)C(C)(NCc1cccs1)c1ccc(Br)cc1. The van der Waals surface area contributed by atoms with Crippen LogP contribution in [-0.2, 0) is 21.6 Å². The lowest BCUT2D eigenvalue weighted by molar-refractivity contribution is -0.151. The molecule has 1 atom stereocenters. The zero-order valence-electron chi connectivity index (χ0n) is 12.1. The van der Waals surface area contributed by atoms with E-state index in [4.69, 9.17) is 4.74 Å². The summed E-state index contributed by atoms with van der Waals surface area (Å²) in [5.41, 5.74) is 0.0291. The van der Waals surface area contributed by atoms with Crippen molar-refractivity contribution < 1.29 is 9.53 Å². The minimum Gasteiger partial charge on any atom is -0.464 e. The Morgan fingerprint density at radius 3 is 2.62 bits per heavy atom. The highest BCUT2D eigenvalue weighted by atomic mass is 79.9. The van der Waals surface area contributed by atoms with E-state index in [9.17, 15) is 4.79 Å². The molecule has 0 saturated heterocycles. The first kappa shape index (κ1) is 16.2. The van der Waals surface area contributed by atoms with E-state index in [-0.39, 0.29) is 5.97 Å². The number of benzene rings is 1. The van der Waals surface area contributed by atoms with Crippen LogP contribution in [0.15, 0.2) is 46.3 Å². The Morgan fingerprint density at radius 1 is 1.33 bits per heavy atom. The van der Waals surface area contributed by atoms with Crippen LogP contribution in [0.5, 0.6) is 0 Å². The summed E-state index contributed by atoms with van der Waals surface area (Å²) in [5.74, 6) is -0.260. The minimum atomic E-state index is -0.860. The Labute approximate surface area is 137 Å². The van der Waals surface area contributed by atoms with Gasteiger partial charge in [0.1, 0.15) is 5.54 Å². The molecule has 0 aliphatic rings. The fraction of sp³-hybridized carbons (Fsp3) is 0.312. The lowest BCUT2D eigenvalue weighted by atomic mass is 9.92. The molecule has 0 radical (unpaired) electrons. The smallest absolute Gasteiger partial charge is 0.330 e. The molecule has 1 N–H and O–H groups in total. The van der Waals surface area contributed by atoms with Gasteiger partial charge in [-0.25, -0.2) is 4.79 Å². The molecule has 1 aromatic carbocycles. The first-order valence-corrected chi connectivity index (χ1v) is 8.44. The van der Waals surface area contributed by atoms with Crippen molar-refractivity contribution in [3.8, 4) is 0 Å². The third-order valence-electron chi connectivity index (χ3n) is 3.30. The molecule has 0 spiro atoms. The van der Waals surface area contributed by atoms with Gasteiger partial charge in [-0.2, -0.15) is 0 Å². The quantitative estimate of drug-likeness (QED) is 0.781. The molecule has 0 fully saturated rings. The molecule has 0 saturated carbocycles. The van der Waals surface area contributed by atoms with E-state index in [1.807, 2.05) is 55.6 Å². The van der Waals surface area contributed by atoms with E-state index < -0.39 is 5.54 Å². The monoisotopic (exact) mass is 367 g/mol. The van der Waals surface area contributed by atoms with Crippen molar-refractivity contribution in [2.24, 2.45) is 0 Å². The molecule has 0 aliphatic carbocycles. The van der Waals surface area contributed by atoms with E-state index in [1.165, 1.54) is 4.88 Å². The van der Waals surface area contributed by atoms with Gasteiger partial charge in [0, 0.05) is 15.9 Å². The molecule has 0 bridgehead atoms. The topological polar surface area (TPSA) is 38.3 Å². The maximum atomic E-state index is 12.4. The number of carbonyl (C=O) groups is 1. The second-order valence-electron chi connectivity index (χ2n) is 4.79. The molecule has 1 unspecified atom stereocenters. The van der Waals surface area contributed by atoms with Gasteiger partial charge in [-0.3, -0.25) is 5.32 Å². The Kier molecular flexibility index (Phi) is 5.56. The van der Waals surface area contributed by atoms with Crippen LogP contribution >= 0.6 is 27.3 Å². The van der Waals surface area contributed by atoms with Crippen molar-refractivity contribution in [3.05, 3.63) is 56.7 Å². The van der Waals surface area contributed by atoms with Crippen LogP contribution in [0.3, 0.4) is 0 Å². The van der Waals surface area contributed by atoms with Crippen LogP contribution < -0.4 is 5.32 Å². The summed E-state index contributed by atoms with van der Waals surface area (Å²) < 4.78 is 6.23. The van der Waals surface area contributed by atoms with Crippen LogP contribution in [0.2, 0.25) is 0 Å². The van der Waals surface area contributed by atoms with Crippen LogP contribution in [0.4, 0.5) is 0 Å². The number of hydrogen-bond acceptors (Lipinski definition) is 4. The largest absolute Gasteiger partial charge is 0.464 e. The van der Waals surface area contributed by atoms with Crippen LogP contribution in [-0.4, -0.2) is 12.6 Å². The number of esters is 1. The Balaban J connectivity index is 2.24. The van der Waals surface area contributed by atoms with Gasteiger partial charge < -0.3 is 4.74 Å². The lowest BCUT2D eigenvalue weighted by Crippen LogP contribution is -2.47. The van der Waals surface area contributed by atoms with Crippen molar-refractivity contribution in [2.75, 3.05) is 6.61 Å². The molecule has 0 amide bonds. The zero-order chi connectivity index (χ0) is 15.3. The Bertz CT molecular complexity index is 583. The van der Waals surface area contributed by atoms with Gasteiger partial charge in [0.2, 0.25) is 0 Å². The summed E-state index contributed by atoms with van der Waals surface area (Å²) in [4.78, 5) is 13.6. The van der Waals surface area contributed by atoms with Gasteiger partial charge in [0.05, 0.1) is 6.61 Å². The molecule has 0 aliphatic heterocycles. The normalized spacial score (nSPS) is 13.7. The van der Waals surface area contributed by atoms with E-state index in [0.717, 1.165) is 10.0 Å². The fourth-order valence-electron chi connectivity index (χ4n) is 2.03. The van der Waals surface area contributed by atoms with Gasteiger partial charge in [-0.1, -0.05) is 34.1 Å². The zero-order valence-corrected chi connectivity index (χ0v) is 14.5. The first-order chi connectivity index (χ1) is 10.1. The average molecular weight is 368 g/mol. The summed E-state index contributed by atoms with van der Waals surface area (Å²) in [6, 6.07) is 11.8. The number of halogens is 1. The summed E-state index contributed by atoms with van der Waals surface area (Å²) in [6.45, 7) is 4.68. The Hall–Kier alpha value is -1.17. The van der Waals surface area contributed by atoms with Crippen molar-refractivity contribution in [1.29, 1.82) is 0 Å². The lowest BCUT2D eigenvalue weighted by Gasteiger charge is -2.29. The molecule has 2 rings (SSSR count). The predicted octanol–water partition coefficient (Wildman–Crippen LogP) is 4.08. The summed E-state index contributed by atoms with van der Waals surface area (Å²) >= 11 is 5.08. The number of nitrogens with one attached hydrogen (secondary N) is 1. The number of carbonyl (C=O) groups excluding carboxylic acids is 1. The maximum absolute atomic E-state index is 12.4. The summed E-state index contributed by atoms with van der Waals surface area (Å²) in [5, 5.41) is 5.37. The highest BCUT2D eigenvalue weighted by Gasteiger charge is 2.36. The molecular weight excluding hydrogens is 350 g/mol. The predicted molar refractivity (Wildman–Crippen MR) is 89.3 cm³/mol. The minimum absolute atomic E-state index is 0.260. The fourth-order valence-corrected chi connectivity index (χ4v) is 2.94. The van der Waals surface area contributed by atoms with Crippen LogP contribution in [0.25, 0.3) is 0 Å². The van der Waals surface area contributed by atoms with Crippen LogP contribution in [0.1, 0.15) is 24.3 Å². The maximum Gasteiger partial charge on any atom is 0.330 e. The van der Waals surface area contributed by atoms with E-state index in [1.54, 1.807) is 11.3 Å². The molecule has 1 aromatic heterocycles. The van der Waals surface area contributed by atoms with E-state index >= 15 is 0 Å². The van der Waals surface area contributed by atoms with E-state index in [2.05, 4.69) is 21.2 Å². The number of hydrogen-bond donors (Lipinski definition) is 1. The highest BCUT2D eigenvalue weighted by Crippen LogP contribution is 2.25. The third-order valence-corrected chi connectivity index (χ3v) is 4.71. The molecular formula is C16H18BrNO2S. The summed E-state index contributed by atoms with van der Waals surface area (Å²) in [7, 11) is 0. The molecule has 3 nitrogen and oxygen atoms in total.